The van der Waals surface area contributed by atoms with Crippen molar-refractivity contribution in [3.8, 4) is 22.9 Å². The third kappa shape index (κ3) is 3.95. The number of rotatable bonds is 8. The minimum atomic E-state index is -0.301. The number of benzene rings is 2. The van der Waals surface area contributed by atoms with Crippen molar-refractivity contribution in [1.82, 2.24) is 9.88 Å². The van der Waals surface area contributed by atoms with Crippen LogP contribution in [-0.4, -0.2) is 52.1 Å². The lowest BCUT2D eigenvalue weighted by Crippen LogP contribution is -2.29. The van der Waals surface area contributed by atoms with Gasteiger partial charge in [-0.05, 0) is 6.07 Å². The van der Waals surface area contributed by atoms with Gasteiger partial charge in [0, 0.05) is 42.8 Å². The zero-order chi connectivity index (χ0) is 21.7. The summed E-state index contributed by atoms with van der Waals surface area (Å²) in [5.74, 6) is 0.913. The van der Waals surface area contributed by atoms with Gasteiger partial charge in [-0.25, -0.2) is 0 Å². The topological polar surface area (TPSA) is 88.0 Å². The van der Waals surface area contributed by atoms with E-state index in [9.17, 15) is 9.59 Å². The summed E-state index contributed by atoms with van der Waals surface area (Å²) in [6.45, 7) is 0.739. The van der Waals surface area contributed by atoms with Crippen molar-refractivity contribution in [2.75, 3.05) is 41.6 Å². The van der Waals surface area contributed by atoms with Gasteiger partial charge in [0.15, 0.2) is 11.5 Å². The number of carbonyl (C=O) groups excluding carboxylic acids is 1. The second-order valence-electron chi connectivity index (χ2n) is 6.40. The lowest BCUT2D eigenvalue weighted by atomic mass is 10.1. The number of fused-ring (bicyclic) bond motifs is 1. The summed E-state index contributed by atoms with van der Waals surface area (Å²) in [5, 5.41) is 3.80. The number of ether oxygens (including phenoxy) is 4. The van der Waals surface area contributed by atoms with Crippen molar-refractivity contribution in [2.45, 2.75) is 0 Å². The number of aromatic nitrogens is 1. The Bertz CT molecular complexity index is 1100. The SMILES string of the molecule is COCCNC(=O)c1cn(-c2cc(OC)c(OC)c(OC)c2)c(=O)c2ccccc12. The van der Waals surface area contributed by atoms with Crippen LogP contribution in [0.2, 0.25) is 0 Å². The lowest BCUT2D eigenvalue weighted by Gasteiger charge is -2.16. The molecule has 0 fully saturated rings. The van der Waals surface area contributed by atoms with Crippen molar-refractivity contribution in [3.05, 3.63) is 58.5 Å². The molecule has 0 unspecified atom stereocenters. The zero-order valence-corrected chi connectivity index (χ0v) is 17.4. The third-order valence-electron chi connectivity index (χ3n) is 4.69. The maximum absolute atomic E-state index is 13.2. The first-order valence-electron chi connectivity index (χ1n) is 9.27. The molecule has 0 saturated heterocycles. The number of amides is 1. The van der Waals surface area contributed by atoms with Crippen LogP contribution < -0.4 is 25.1 Å². The van der Waals surface area contributed by atoms with Crippen LogP contribution in [0.4, 0.5) is 0 Å². The Morgan fingerprint density at radius 2 is 1.60 bits per heavy atom. The van der Waals surface area contributed by atoms with Crippen LogP contribution in [0.3, 0.4) is 0 Å². The maximum atomic E-state index is 13.2. The molecule has 0 saturated carbocycles. The molecule has 0 aliphatic rings. The standard InChI is InChI=1S/C22H24N2O6/c1-27-10-9-23-21(25)17-13-24(22(26)16-8-6-5-7-15(16)17)14-11-18(28-2)20(30-4)19(12-14)29-3/h5-8,11-13H,9-10H2,1-4H3,(H,23,25). The monoisotopic (exact) mass is 412 g/mol. The van der Waals surface area contributed by atoms with Gasteiger partial charge in [0.25, 0.3) is 11.5 Å². The summed E-state index contributed by atoms with van der Waals surface area (Å²) in [5.41, 5.74) is 0.578. The van der Waals surface area contributed by atoms with Crippen molar-refractivity contribution >= 4 is 16.7 Å². The molecule has 0 aliphatic heterocycles. The molecule has 30 heavy (non-hydrogen) atoms. The van der Waals surface area contributed by atoms with Gasteiger partial charge in [-0.2, -0.15) is 0 Å². The van der Waals surface area contributed by atoms with E-state index < -0.39 is 0 Å². The number of hydrogen-bond donors (Lipinski definition) is 1. The average Bonchev–Trinajstić information content (AvgIpc) is 2.78. The molecule has 8 nitrogen and oxygen atoms in total. The van der Waals surface area contributed by atoms with Gasteiger partial charge in [0.05, 0.1) is 39.2 Å². The molecular weight excluding hydrogens is 388 g/mol. The fourth-order valence-electron chi connectivity index (χ4n) is 3.23. The largest absolute Gasteiger partial charge is 0.493 e. The number of hydrogen-bond acceptors (Lipinski definition) is 6. The van der Waals surface area contributed by atoms with E-state index in [0.29, 0.717) is 52.4 Å². The highest BCUT2D eigenvalue weighted by Crippen LogP contribution is 2.39. The molecule has 0 spiro atoms. The first-order valence-corrected chi connectivity index (χ1v) is 9.27. The normalized spacial score (nSPS) is 10.7. The van der Waals surface area contributed by atoms with E-state index in [1.54, 1.807) is 43.5 Å². The number of nitrogens with zero attached hydrogens (tertiary/aromatic N) is 1. The quantitative estimate of drug-likeness (QED) is 0.572. The summed E-state index contributed by atoms with van der Waals surface area (Å²) < 4.78 is 22.5. The Kier molecular flexibility index (Phi) is 6.58. The van der Waals surface area contributed by atoms with E-state index in [2.05, 4.69) is 5.32 Å². The van der Waals surface area contributed by atoms with Crippen molar-refractivity contribution in [2.24, 2.45) is 0 Å². The van der Waals surface area contributed by atoms with Crippen LogP contribution in [0.5, 0.6) is 17.2 Å². The zero-order valence-electron chi connectivity index (χ0n) is 17.4. The van der Waals surface area contributed by atoms with Crippen LogP contribution in [0.1, 0.15) is 10.4 Å². The van der Waals surface area contributed by atoms with Crippen LogP contribution in [-0.2, 0) is 4.74 Å². The highest BCUT2D eigenvalue weighted by Gasteiger charge is 2.18. The number of pyridine rings is 1. The molecule has 1 N–H and O–H groups in total. The van der Waals surface area contributed by atoms with E-state index in [0.717, 1.165) is 0 Å². The Labute approximate surface area is 173 Å². The molecule has 2 aromatic carbocycles. The van der Waals surface area contributed by atoms with Gasteiger partial charge < -0.3 is 24.3 Å². The maximum Gasteiger partial charge on any atom is 0.263 e. The highest BCUT2D eigenvalue weighted by molar-refractivity contribution is 6.06. The Morgan fingerprint density at radius 1 is 0.967 bits per heavy atom. The Balaban J connectivity index is 2.23. The molecule has 3 rings (SSSR count). The van der Waals surface area contributed by atoms with Crippen LogP contribution in [0.25, 0.3) is 16.5 Å². The molecule has 1 aromatic heterocycles. The van der Waals surface area contributed by atoms with Gasteiger partial charge in [0.1, 0.15) is 0 Å². The van der Waals surface area contributed by atoms with Crippen molar-refractivity contribution in [1.29, 1.82) is 0 Å². The van der Waals surface area contributed by atoms with Crippen molar-refractivity contribution in [3.63, 3.8) is 0 Å². The van der Waals surface area contributed by atoms with Gasteiger partial charge in [-0.3, -0.25) is 14.2 Å². The van der Waals surface area contributed by atoms with Gasteiger partial charge >= 0.3 is 0 Å². The van der Waals surface area contributed by atoms with E-state index in [4.69, 9.17) is 18.9 Å². The molecular formula is C22H24N2O6. The molecule has 0 aliphatic carbocycles. The van der Waals surface area contributed by atoms with Crippen LogP contribution in [0, 0.1) is 0 Å². The lowest BCUT2D eigenvalue weighted by molar-refractivity contribution is 0.0938. The Morgan fingerprint density at radius 3 is 2.17 bits per heavy atom. The van der Waals surface area contributed by atoms with Gasteiger partial charge in [-0.15, -0.1) is 0 Å². The molecule has 1 heterocycles. The molecule has 0 bridgehead atoms. The molecule has 0 radical (unpaired) electrons. The summed E-state index contributed by atoms with van der Waals surface area (Å²) in [7, 11) is 6.06. The molecule has 158 valence electrons. The fraction of sp³-hybridized carbons (Fsp3) is 0.273. The third-order valence-corrected chi connectivity index (χ3v) is 4.69. The average molecular weight is 412 g/mol. The van der Waals surface area contributed by atoms with E-state index >= 15 is 0 Å². The number of methoxy groups -OCH3 is 4. The summed E-state index contributed by atoms with van der Waals surface area (Å²) >= 11 is 0. The summed E-state index contributed by atoms with van der Waals surface area (Å²) in [6, 6.07) is 10.3. The molecule has 3 aromatic rings. The Hall–Kier alpha value is -3.52. The smallest absolute Gasteiger partial charge is 0.263 e. The molecule has 1 amide bonds. The second-order valence-corrected chi connectivity index (χ2v) is 6.40. The first-order chi connectivity index (χ1) is 14.5. The first kappa shape index (κ1) is 21.2. The van der Waals surface area contributed by atoms with Gasteiger partial charge in [-0.1, -0.05) is 18.2 Å². The van der Waals surface area contributed by atoms with E-state index in [-0.39, 0.29) is 11.5 Å². The van der Waals surface area contributed by atoms with Gasteiger partial charge in [0.2, 0.25) is 5.75 Å². The second kappa shape index (κ2) is 9.32. The predicted octanol–water partition coefficient (Wildman–Crippen LogP) is 2.39. The van der Waals surface area contributed by atoms with Crippen LogP contribution >= 0.6 is 0 Å². The molecule has 0 atom stereocenters. The number of carbonyl (C=O) groups is 1. The van der Waals surface area contributed by atoms with E-state index in [1.807, 2.05) is 0 Å². The minimum Gasteiger partial charge on any atom is -0.493 e. The highest BCUT2D eigenvalue weighted by atomic mass is 16.5. The predicted molar refractivity (Wildman–Crippen MR) is 113 cm³/mol. The number of nitrogens with one attached hydrogen (secondary N) is 1. The summed E-state index contributed by atoms with van der Waals surface area (Å²) in [4.78, 5) is 26.0. The minimum absolute atomic E-state index is 0.270. The van der Waals surface area contributed by atoms with E-state index in [1.165, 1.54) is 32.1 Å². The van der Waals surface area contributed by atoms with Crippen LogP contribution in [0.15, 0.2) is 47.4 Å². The fourth-order valence-corrected chi connectivity index (χ4v) is 3.23. The van der Waals surface area contributed by atoms with Crippen molar-refractivity contribution < 1.29 is 23.7 Å². The summed E-state index contributed by atoms with van der Waals surface area (Å²) in [6.07, 6.45) is 1.52. The molecule has 8 heteroatoms.